The highest BCUT2D eigenvalue weighted by atomic mass is 14.8. The Morgan fingerprint density at radius 2 is 0.775 bits per heavy atom. The largest absolute Gasteiger partial charge is 0.251 e. The molecule has 0 aliphatic heterocycles. The van der Waals surface area contributed by atoms with E-state index in [0.717, 1.165) is 33.6 Å². The van der Waals surface area contributed by atoms with Crippen LogP contribution in [0.2, 0.25) is 0 Å². The van der Waals surface area contributed by atoms with E-state index in [1.54, 1.807) is 0 Å². The van der Waals surface area contributed by atoms with Crippen LogP contribution in [0.4, 0.5) is 11.4 Å². The van der Waals surface area contributed by atoms with Gasteiger partial charge in [-0.2, -0.15) is 0 Å². The van der Waals surface area contributed by atoms with E-state index >= 15 is 0 Å². The second kappa shape index (κ2) is 10.7. The maximum Gasteiger partial charge on any atom is 0.0718 e. The molecule has 0 atom stereocenters. The first-order valence-electron chi connectivity index (χ1n) is 13.8. The molecular weight excluding hydrogens is 484 g/mol. The molecule has 0 bridgehead atoms. The van der Waals surface area contributed by atoms with Crippen LogP contribution in [0.1, 0.15) is 25.0 Å². The van der Waals surface area contributed by atoms with E-state index in [1.165, 1.54) is 44.2 Å². The number of aliphatic imine (C=N–C) groups is 2. The first-order chi connectivity index (χ1) is 19.5. The van der Waals surface area contributed by atoms with Gasteiger partial charge in [0.25, 0.3) is 0 Å². The Bertz CT molecular complexity index is 1750. The highest BCUT2D eigenvalue weighted by Gasteiger charge is 2.11. The number of benzene rings is 6. The smallest absolute Gasteiger partial charge is 0.0718 e. The molecular formula is C38H32N2. The van der Waals surface area contributed by atoms with Crippen molar-refractivity contribution in [2.24, 2.45) is 9.98 Å². The fraction of sp³-hybridized carbons (Fsp3) is 0.105. The minimum Gasteiger partial charge on any atom is -0.251 e. The van der Waals surface area contributed by atoms with Crippen LogP contribution < -0.4 is 0 Å². The van der Waals surface area contributed by atoms with Gasteiger partial charge in [0.05, 0.1) is 22.8 Å². The van der Waals surface area contributed by atoms with Gasteiger partial charge in [-0.1, -0.05) is 120 Å². The van der Waals surface area contributed by atoms with E-state index in [4.69, 9.17) is 9.98 Å². The maximum absolute atomic E-state index is 5.14. The van der Waals surface area contributed by atoms with Gasteiger partial charge in [-0.15, -0.1) is 0 Å². The van der Waals surface area contributed by atoms with Gasteiger partial charge in [0.1, 0.15) is 0 Å². The molecule has 0 aromatic heterocycles. The molecule has 0 unspecified atom stereocenters. The molecule has 6 aromatic rings. The van der Waals surface area contributed by atoms with Crippen LogP contribution in [0, 0.1) is 13.8 Å². The Morgan fingerprint density at radius 1 is 0.425 bits per heavy atom. The van der Waals surface area contributed by atoms with E-state index in [2.05, 4.69) is 149 Å². The summed E-state index contributed by atoms with van der Waals surface area (Å²) in [6, 6.07) is 43.0. The predicted molar refractivity (Wildman–Crippen MR) is 174 cm³/mol. The van der Waals surface area contributed by atoms with Crippen LogP contribution in [0.3, 0.4) is 0 Å². The van der Waals surface area contributed by atoms with E-state index < -0.39 is 0 Å². The first kappa shape index (κ1) is 25.5. The molecule has 6 rings (SSSR count). The second-order valence-electron chi connectivity index (χ2n) is 10.5. The summed E-state index contributed by atoms with van der Waals surface area (Å²) < 4.78 is 0. The van der Waals surface area contributed by atoms with Gasteiger partial charge in [0, 0.05) is 10.8 Å². The van der Waals surface area contributed by atoms with Crippen LogP contribution in [0.5, 0.6) is 0 Å². The van der Waals surface area contributed by atoms with E-state index in [-0.39, 0.29) is 0 Å². The molecule has 6 aromatic carbocycles. The topological polar surface area (TPSA) is 24.7 Å². The Morgan fingerprint density at radius 3 is 1.15 bits per heavy atom. The lowest BCUT2D eigenvalue weighted by atomic mass is 9.96. The van der Waals surface area contributed by atoms with Crippen molar-refractivity contribution >= 4 is 44.3 Å². The summed E-state index contributed by atoms with van der Waals surface area (Å²) in [5.74, 6) is 0. The van der Waals surface area contributed by atoms with Crippen molar-refractivity contribution in [2.45, 2.75) is 27.7 Å². The Kier molecular flexibility index (Phi) is 6.84. The van der Waals surface area contributed by atoms with Crippen molar-refractivity contribution in [1.29, 1.82) is 0 Å². The van der Waals surface area contributed by atoms with E-state index in [0.29, 0.717) is 0 Å². The molecule has 0 saturated carbocycles. The van der Waals surface area contributed by atoms with E-state index in [9.17, 15) is 0 Å². The summed E-state index contributed by atoms with van der Waals surface area (Å²) in [5, 5.41) is 4.68. The minimum atomic E-state index is 0.899. The molecule has 0 fully saturated rings. The van der Waals surface area contributed by atoms with Gasteiger partial charge < -0.3 is 0 Å². The minimum absolute atomic E-state index is 0.899. The van der Waals surface area contributed by atoms with E-state index in [1.807, 2.05) is 0 Å². The molecule has 0 amide bonds. The van der Waals surface area contributed by atoms with Crippen LogP contribution >= 0.6 is 0 Å². The third-order valence-electron chi connectivity index (χ3n) is 7.59. The SMILES string of the molecule is CC(=Nc1cccc2cccc(-c3ccc(C)cc3)c12)C(C)=Nc1cccc2cccc(-c3ccc(C)cc3)c12. The molecule has 0 radical (unpaired) electrons. The van der Waals surface area contributed by atoms with Crippen molar-refractivity contribution in [1.82, 2.24) is 0 Å². The zero-order valence-electron chi connectivity index (χ0n) is 23.4. The van der Waals surface area contributed by atoms with Crippen molar-refractivity contribution in [3.8, 4) is 22.3 Å². The zero-order chi connectivity index (χ0) is 27.6. The average Bonchev–Trinajstić information content (AvgIpc) is 2.97. The Hall–Kier alpha value is -4.82. The number of hydrogen-bond donors (Lipinski definition) is 0. The Labute approximate surface area is 236 Å². The lowest BCUT2D eigenvalue weighted by Crippen LogP contribution is -2.04. The van der Waals surface area contributed by atoms with Gasteiger partial charge in [0.15, 0.2) is 0 Å². The third-order valence-corrected chi connectivity index (χ3v) is 7.59. The molecule has 0 spiro atoms. The van der Waals surface area contributed by atoms with Crippen LogP contribution in [0.25, 0.3) is 43.8 Å². The van der Waals surface area contributed by atoms with Crippen LogP contribution in [-0.2, 0) is 0 Å². The molecule has 40 heavy (non-hydrogen) atoms. The molecule has 0 saturated heterocycles. The Balaban J connectivity index is 1.46. The molecule has 2 nitrogen and oxygen atoms in total. The van der Waals surface area contributed by atoms with Gasteiger partial charge in [-0.25, -0.2) is 0 Å². The quantitative estimate of drug-likeness (QED) is 0.204. The highest BCUT2D eigenvalue weighted by molar-refractivity contribution is 6.42. The van der Waals surface area contributed by atoms with Crippen molar-refractivity contribution in [3.05, 3.63) is 132 Å². The molecule has 0 heterocycles. The summed E-state index contributed by atoms with van der Waals surface area (Å²) in [6.07, 6.45) is 0. The van der Waals surface area contributed by atoms with Gasteiger partial charge in [0.2, 0.25) is 0 Å². The number of fused-ring (bicyclic) bond motifs is 2. The normalized spacial score (nSPS) is 12.3. The summed E-state index contributed by atoms with van der Waals surface area (Å²) in [5.41, 5.74) is 11.0. The predicted octanol–water partition coefficient (Wildman–Crippen LogP) is 10.8. The molecule has 0 aliphatic rings. The summed E-state index contributed by atoms with van der Waals surface area (Å²) in [4.78, 5) is 10.3. The molecule has 0 N–H and O–H groups in total. The van der Waals surface area contributed by atoms with Gasteiger partial charge >= 0.3 is 0 Å². The van der Waals surface area contributed by atoms with Crippen LogP contribution in [0.15, 0.2) is 131 Å². The number of nitrogens with zero attached hydrogens (tertiary/aromatic N) is 2. The standard InChI is InChI=1S/C38H32N2/c1-25-17-21-29(22-18-25)33-13-5-9-31-11-7-15-35(37(31)33)39-27(3)28(4)40-36-16-8-12-32-10-6-14-34(38(32)36)30-23-19-26(2)20-24-30/h5-24H,1-4H3. The fourth-order valence-corrected chi connectivity index (χ4v) is 5.30. The molecule has 2 heteroatoms. The summed E-state index contributed by atoms with van der Waals surface area (Å²) in [6.45, 7) is 8.35. The monoisotopic (exact) mass is 516 g/mol. The lowest BCUT2D eigenvalue weighted by Gasteiger charge is -2.12. The lowest BCUT2D eigenvalue weighted by molar-refractivity contribution is 1.47. The third kappa shape index (κ3) is 4.97. The summed E-state index contributed by atoms with van der Waals surface area (Å²) in [7, 11) is 0. The van der Waals surface area contributed by atoms with Crippen LogP contribution in [-0.4, -0.2) is 11.4 Å². The zero-order valence-corrected chi connectivity index (χ0v) is 23.4. The van der Waals surface area contributed by atoms with Crippen molar-refractivity contribution in [2.75, 3.05) is 0 Å². The maximum atomic E-state index is 5.14. The fourth-order valence-electron chi connectivity index (χ4n) is 5.30. The van der Waals surface area contributed by atoms with Crippen molar-refractivity contribution in [3.63, 3.8) is 0 Å². The average molecular weight is 517 g/mol. The number of aryl methyl sites for hydroxylation is 2. The summed E-state index contributed by atoms with van der Waals surface area (Å²) >= 11 is 0. The van der Waals surface area contributed by atoms with Gasteiger partial charge in [-0.3, -0.25) is 9.98 Å². The first-order valence-corrected chi connectivity index (χ1v) is 13.8. The molecule has 0 aliphatic carbocycles. The number of hydrogen-bond acceptors (Lipinski definition) is 2. The van der Waals surface area contributed by atoms with Crippen molar-refractivity contribution < 1.29 is 0 Å². The second-order valence-corrected chi connectivity index (χ2v) is 10.5. The highest BCUT2D eigenvalue weighted by Crippen LogP contribution is 2.37. The van der Waals surface area contributed by atoms with Gasteiger partial charge in [-0.05, 0) is 72.9 Å². The molecule has 194 valence electrons. The number of rotatable bonds is 5.